The molecular weight excluding hydrogens is 407 g/mol. The van der Waals surface area contributed by atoms with E-state index < -0.39 is 22.0 Å². The van der Waals surface area contributed by atoms with Crippen LogP contribution in [-0.4, -0.2) is 29.9 Å². The SMILES string of the molecule is Cn1ccnc1[C@@H](NC(=O)c1cccc(S(=O)(=O)NC2CC2)c1)c1ccc(F)cc1. The van der Waals surface area contributed by atoms with E-state index >= 15 is 0 Å². The average molecular weight is 428 g/mol. The Bertz CT molecular complexity index is 1170. The first kappa shape index (κ1) is 20.2. The number of aromatic nitrogens is 2. The zero-order chi connectivity index (χ0) is 21.3. The summed E-state index contributed by atoms with van der Waals surface area (Å²) in [6.07, 6.45) is 4.99. The molecule has 2 N–H and O–H groups in total. The number of hydrogen-bond donors (Lipinski definition) is 2. The van der Waals surface area contributed by atoms with Crippen LogP contribution in [0, 0.1) is 5.82 Å². The van der Waals surface area contributed by atoms with Crippen LogP contribution in [0.2, 0.25) is 0 Å². The van der Waals surface area contributed by atoms with Crippen molar-refractivity contribution in [3.05, 3.63) is 83.7 Å². The Morgan fingerprint density at radius 3 is 2.57 bits per heavy atom. The Morgan fingerprint density at radius 1 is 1.20 bits per heavy atom. The third-order valence-corrected chi connectivity index (χ3v) is 6.42. The van der Waals surface area contributed by atoms with Crippen LogP contribution in [0.4, 0.5) is 4.39 Å². The van der Waals surface area contributed by atoms with E-state index in [0.717, 1.165) is 12.8 Å². The maximum absolute atomic E-state index is 13.4. The highest BCUT2D eigenvalue weighted by Crippen LogP contribution is 2.24. The number of carbonyl (C=O) groups excluding carboxylic acids is 1. The molecule has 7 nitrogen and oxygen atoms in total. The zero-order valence-corrected chi connectivity index (χ0v) is 17.1. The molecule has 1 aromatic heterocycles. The number of benzene rings is 2. The Morgan fingerprint density at radius 2 is 1.93 bits per heavy atom. The van der Waals surface area contributed by atoms with Crippen molar-refractivity contribution in [3.8, 4) is 0 Å². The number of hydrogen-bond acceptors (Lipinski definition) is 4. The number of nitrogens with zero attached hydrogens (tertiary/aromatic N) is 2. The fraction of sp³-hybridized carbons (Fsp3) is 0.238. The number of nitrogens with one attached hydrogen (secondary N) is 2. The van der Waals surface area contributed by atoms with Gasteiger partial charge in [0.15, 0.2) is 0 Å². The third-order valence-electron chi connectivity index (χ3n) is 4.90. The Labute approximate surface area is 174 Å². The summed E-state index contributed by atoms with van der Waals surface area (Å²) in [7, 11) is -1.88. The number of carbonyl (C=O) groups is 1. The third kappa shape index (κ3) is 4.42. The van der Waals surface area contributed by atoms with Crippen LogP contribution in [0.1, 0.15) is 40.6 Å². The van der Waals surface area contributed by atoms with Crippen LogP contribution < -0.4 is 10.0 Å². The Kier molecular flexibility index (Phi) is 5.40. The van der Waals surface area contributed by atoms with E-state index in [9.17, 15) is 17.6 Å². The van der Waals surface area contributed by atoms with E-state index in [1.807, 2.05) is 0 Å². The predicted octanol–water partition coefficient (Wildman–Crippen LogP) is 2.52. The van der Waals surface area contributed by atoms with E-state index in [2.05, 4.69) is 15.0 Å². The highest BCUT2D eigenvalue weighted by molar-refractivity contribution is 7.89. The van der Waals surface area contributed by atoms with Gasteiger partial charge in [-0.1, -0.05) is 18.2 Å². The summed E-state index contributed by atoms with van der Waals surface area (Å²) in [4.78, 5) is 17.3. The number of rotatable bonds is 7. The summed E-state index contributed by atoms with van der Waals surface area (Å²) in [5, 5.41) is 2.88. The minimum absolute atomic E-state index is 0.0289. The normalized spacial score (nSPS) is 15.0. The second-order valence-electron chi connectivity index (χ2n) is 7.28. The van der Waals surface area contributed by atoms with Crippen LogP contribution in [0.25, 0.3) is 0 Å². The molecule has 1 fully saturated rings. The average Bonchev–Trinajstić information content (AvgIpc) is 3.43. The second kappa shape index (κ2) is 8.00. The van der Waals surface area contributed by atoms with E-state index in [1.165, 1.54) is 30.3 Å². The molecule has 156 valence electrons. The molecule has 0 radical (unpaired) electrons. The minimum Gasteiger partial charge on any atom is -0.338 e. The van der Waals surface area contributed by atoms with Gasteiger partial charge >= 0.3 is 0 Å². The standard InChI is InChI=1S/C21H21FN4O3S/c1-26-12-11-23-20(26)19(14-5-7-16(22)8-6-14)24-21(27)15-3-2-4-18(13-15)30(28,29)25-17-9-10-17/h2-8,11-13,17,19,25H,9-10H2,1H3,(H,24,27)/t19-/m0/s1. The molecule has 3 aromatic rings. The topological polar surface area (TPSA) is 93.1 Å². The van der Waals surface area contributed by atoms with Crippen molar-refractivity contribution in [1.29, 1.82) is 0 Å². The largest absolute Gasteiger partial charge is 0.338 e. The maximum Gasteiger partial charge on any atom is 0.252 e. The van der Waals surface area contributed by atoms with Gasteiger partial charge in [0.2, 0.25) is 10.0 Å². The van der Waals surface area contributed by atoms with Crippen molar-refractivity contribution < 1.29 is 17.6 Å². The molecule has 0 spiro atoms. The monoisotopic (exact) mass is 428 g/mol. The van der Waals surface area contributed by atoms with Gasteiger partial charge in [-0.25, -0.2) is 22.5 Å². The number of aryl methyl sites for hydroxylation is 1. The first-order chi connectivity index (χ1) is 14.3. The van der Waals surface area contributed by atoms with Gasteiger partial charge in [-0.05, 0) is 48.7 Å². The fourth-order valence-corrected chi connectivity index (χ4v) is 4.47. The smallest absolute Gasteiger partial charge is 0.252 e. The summed E-state index contributed by atoms with van der Waals surface area (Å²) in [6, 6.07) is 11.0. The number of halogens is 1. The van der Waals surface area contributed by atoms with Gasteiger partial charge < -0.3 is 9.88 Å². The van der Waals surface area contributed by atoms with E-state index in [-0.39, 0.29) is 22.3 Å². The minimum atomic E-state index is -3.68. The maximum atomic E-state index is 13.4. The van der Waals surface area contributed by atoms with Crippen LogP contribution in [-0.2, 0) is 17.1 Å². The van der Waals surface area contributed by atoms with Crippen molar-refractivity contribution in [1.82, 2.24) is 19.6 Å². The summed E-state index contributed by atoms with van der Waals surface area (Å²) >= 11 is 0. The van der Waals surface area contributed by atoms with Gasteiger partial charge in [-0.2, -0.15) is 0 Å². The molecule has 30 heavy (non-hydrogen) atoms. The molecule has 0 saturated heterocycles. The van der Waals surface area contributed by atoms with Crippen LogP contribution in [0.3, 0.4) is 0 Å². The molecule has 1 amide bonds. The van der Waals surface area contributed by atoms with Crippen molar-refractivity contribution in [2.24, 2.45) is 7.05 Å². The lowest BCUT2D eigenvalue weighted by atomic mass is 10.1. The van der Waals surface area contributed by atoms with E-state index in [1.54, 1.807) is 42.2 Å². The van der Waals surface area contributed by atoms with Gasteiger partial charge in [0.25, 0.3) is 5.91 Å². The van der Waals surface area contributed by atoms with Crippen molar-refractivity contribution >= 4 is 15.9 Å². The molecular formula is C21H21FN4O3S. The molecule has 1 aliphatic carbocycles. The van der Waals surface area contributed by atoms with Gasteiger partial charge in [0.05, 0.1) is 4.90 Å². The molecule has 0 aliphatic heterocycles. The summed E-state index contributed by atoms with van der Waals surface area (Å²) in [6.45, 7) is 0. The van der Waals surface area contributed by atoms with Gasteiger partial charge in [-0.15, -0.1) is 0 Å². The van der Waals surface area contributed by atoms with Crippen LogP contribution in [0.15, 0.2) is 65.8 Å². The lowest BCUT2D eigenvalue weighted by Crippen LogP contribution is -2.31. The molecule has 1 atom stereocenters. The molecule has 9 heteroatoms. The molecule has 1 heterocycles. The van der Waals surface area contributed by atoms with Crippen LogP contribution >= 0.6 is 0 Å². The predicted molar refractivity (Wildman–Crippen MR) is 109 cm³/mol. The Balaban J connectivity index is 1.62. The van der Waals surface area contributed by atoms with Crippen LogP contribution in [0.5, 0.6) is 0 Å². The number of amides is 1. The summed E-state index contributed by atoms with van der Waals surface area (Å²) in [5.74, 6) is -0.283. The van der Waals surface area contributed by atoms with Crippen molar-refractivity contribution in [3.63, 3.8) is 0 Å². The lowest BCUT2D eigenvalue weighted by molar-refractivity contribution is 0.0941. The molecule has 4 rings (SSSR count). The first-order valence-electron chi connectivity index (χ1n) is 9.49. The molecule has 1 saturated carbocycles. The highest BCUT2D eigenvalue weighted by Gasteiger charge is 2.28. The second-order valence-corrected chi connectivity index (χ2v) is 8.99. The van der Waals surface area contributed by atoms with Crippen molar-refractivity contribution in [2.75, 3.05) is 0 Å². The molecule has 0 bridgehead atoms. The van der Waals surface area contributed by atoms with Crippen molar-refractivity contribution in [2.45, 2.75) is 29.8 Å². The van der Waals surface area contributed by atoms with Gasteiger partial charge in [0, 0.05) is 31.0 Å². The molecule has 2 aromatic carbocycles. The lowest BCUT2D eigenvalue weighted by Gasteiger charge is -2.19. The summed E-state index contributed by atoms with van der Waals surface area (Å²) < 4.78 is 42.7. The van der Waals surface area contributed by atoms with Gasteiger partial charge in [0.1, 0.15) is 17.7 Å². The zero-order valence-electron chi connectivity index (χ0n) is 16.2. The molecule has 0 unspecified atom stereocenters. The Hall–Kier alpha value is -3.04. The molecule has 1 aliphatic rings. The number of sulfonamides is 1. The van der Waals surface area contributed by atoms with E-state index in [4.69, 9.17) is 0 Å². The first-order valence-corrected chi connectivity index (χ1v) is 11.0. The number of imidazole rings is 1. The van der Waals surface area contributed by atoms with Gasteiger partial charge in [-0.3, -0.25) is 4.79 Å². The summed E-state index contributed by atoms with van der Waals surface area (Å²) in [5.41, 5.74) is 0.855. The highest BCUT2D eigenvalue weighted by atomic mass is 32.2. The quantitative estimate of drug-likeness (QED) is 0.605. The fourth-order valence-electron chi connectivity index (χ4n) is 3.12. The van der Waals surface area contributed by atoms with E-state index in [0.29, 0.717) is 11.4 Å².